The quantitative estimate of drug-likeness (QED) is 0.839. The van der Waals surface area contributed by atoms with Crippen LogP contribution < -0.4 is 5.32 Å². The Morgan fingerprint density at radius 3 is 2.48 bits per heavy atom. The van der Waals surface area contributed by atoms with Crippen LogP contribution in [0.1, 0.15) is 30.0 Å². The van der Waals surface area contributed by atoms with Gasteiger partial charge in [0.2, 0.25) is 5.91 Å². The van der Waals surface area contributed by atoms with Gasteiger partial charge < -0.3 is 10.2 Å². The van der Waals surface area contributed by atoms with Crippen molar-refractivity contribution in [2.75, 3.05) is 19.6 Å². The SMILES string of the molecule is O=C1CCCN1CC(c1cccc(C(F)(F)F)c1)N1C(=O)CNC1=O. The molecule has 2 saturated heterocycles. The number of nitrogens with zero attached hydrogens (tertiary/aromatic N) is 2. The Morgan fingerprint density at radius 2 is 1.92 bits per heavy atom. The lowest BCUT2D eigenvalue weighted by molar-refractivity contribution is -0.137. The summed E-state index contributed by atoms with van der Waals surface area (Å²) in [7, 11) is 0. The van der Waals surface area contributed by atoms with Gasteiger partial charge in [-0.1, -0.05) is 12.1 Å². The lowest BCUT2D eigenvalue weighted by Gasteiger charge is -2.30. The highest BCUT2D eigenvalue weighted by molar-refractivity contribution is 6.02. The standard InChI is InChI=1S/C16H16F3N3O3/c17-16(18,19)11-4-1-3-10(7-11)12(9-21-6-2-5-13(21)23)22-14(24)8-20-15(22)25/h1,3-4,7,12H,2,5-6,8-9H2,(H,20,25). The Morgan fingerprint density at radius 1 is 1.16 bits per heavy atom. The molecule has 0 radical (unpaired) electrons. The minimum Gasteiger partial charge on any atom is -0.340 e. The molecule has 2 heterocycles. The molecule has 25 heavy (non-hydrogen) atoms. The van der Waals surface area contributed by atoms with Gasteiger partial charge in [-0.3, -0.25) is 14.5 Å². The van der Waals surface area contributed by atoms with E-state index in [4.69, 9.17) is 0 Å². The molecule has 0 saturated carbocycles. The monoisotopic (exact) mass is 355 g/mol. The maximum atomic E-state index is 13.0. The van der Waals surface area contributed by atoms with Gasteiger partial charge in [-0.2, -0.15) is 13.2 Å². The molecule has 2 aliphatic heterocycles. The van der Waals surface area contributed by atoms with E-state index in [9.17, 15) is 27.6 Å². The number of nitrogens with one attached hydrogen (secondary N) is 1. The Bertz CT molecular complexity index is 704. The second kappa shape index (κ2) is 6.38. The van der Waals surface area contributed by atoms with Crippen molar-refractivity contribution in [3.8, 4) is 0 Å². The maximum Gasteiger partial charge on any atom is 0.416 e. The zero-order valence-corrected chi connectivity index (χ0v) is 13.2. The van der Waals surface area contributed by atoms with Crippen molar-refractivity contribution in [3.63, 3.8) is 0 Å². The number of likely N-dealkylation sites (tertiary alicyclic amines) is 1. The number of hydrogen-bond donors (Lipinski definition) is 1. The van der Waals surface area contributed by atoms with Gasteiger partial charge in [0.05, 0.1) is 18.2 Å². The zero-order chi connectivity index (χ0) is 18.2. The highest BCUT2D eigenvalue weighted by Gasteiger charge is 2.39. The van der Waals surface area contributed by atoms with Crippen molar-refractivity contribution in [2.24, 2.45) is 0 Å². The van der Waals surface area contributed by atoms with Gasteiger partial charge in [-0.25, -0.2) is 4.79 Å². The summed E-state index contributed by atoms with van der Waals surface area (Å²) in [6.45, 7) is 0.236. The lowest BCUT2D eigenvalue weighted by atomic mass is 10.0. The molecule has 1 N–H and O–H groups in total. The molecular formula is C16H16F3N3O3. The predicted molar refractivity (Wildman–Crippen MR) is 80.2 cm³/mol. The van der Waals surface area contributed by atoms with Crippen LogP contribution in [0, 0.1) is 0 Å². The molecule has 2 aliphatic rings. The number of alkyl halides is 3. The number of amides is 4. The molecule has 1 aromatic rings. The third-order valence-corrected chi connectivity index (χ3v) is 4.35. The molecule has 0 aromatic heterocycles. The van der Waals surface area contributed by atoms with Gasteiger partial charge in [-0.05, 0) is 24.1 Å². The van der Waals surface area contributed by atoms with Crippen molar-refractivity contribution in [1.82, 2.24) is 15.1 Å². The van der Waals surface area contributed by atoms with E-state index < -0.39 is 29.7 Å². The van der Waals surface area contributed by atoms with Crippen LogP contribution in [0.4, 0.5) is 18.0 Å². The summed E-state index contributed by atoms with van der Waals surface area (Å²) in [4.78, 5) is 38.3. The fourth-order valence-electron chi connectivity index (χ4n) is 3.11. The molecule has 0 aliphatic carbocycles. The average molecular weight is 355 g/mol. The molecule has 1 unspecified atom stereocenters. The molecule has 0 bridgehead atoms. The van der Waals surface area contributed by atoms with Crippen molar-refractivity contribution in [1.29, 1.82) is 0 Å². The van der Waals surface area contributed by atoms with Gasteiger partial charge in [-0.15, -0.1) is 0 Å². The van der Waals surface area contributed by atoms with E-state index in [1.165, 1.54) is 17.0 Å². The number of carbonyl (C=O) groups excluding carboxylic acids is 3. The van der Waals surface area contributed by atoms with Crippen LogP contribution in [0.15, 0.2) is 24.3 Å². The van der Waals surface area contributed by atoms with Crippen LogP contribution in [-0.2, 0) is 15.8 Å². The summed E-state index contributed by atoms with van der Waals surface area (Å²) < 4.78 is 39.0. The highest BCUT2D eigenvalue weighted by atomic mass is 19.4. The van der Waals surface area contributed by atoms with E-state index >= 15 is 0 Å². The van der Waals surface area contributed by atoms with Crippen molar-refractivity contribution >= 4 is 17.8 Å². The van der Waals surface area contributed by atoms with Crippen molar-refractivity contribution < 1.29 is 27.6 Å². The normalized spacial score (nSPS) is 19.6. The first kappa shape index (κ1) is 17.2. The first-order valence-corrected chi connectivity index (χ1v) is 7.82. The second-order valence-corrected chi connectivity index (χ2v) is 6.00. The van der Waals surface area contributed by atoms with Crippen LogP contribution >= 0.6 is 0 Å². The molecule has 134 valence electrons. The molecular weight excluding hydrogens is 339 g/mol. The molecule has 2 fully saturated rings. The van der Waals surface area contributed by atoms with Crippen LogP contribution in [0.5, 0.6) is 0 Å². The van der Waals surface area contributed by atoms with Gasteiger partial charge in [0.25, 0.3) is 5.91 Å². The molecule has 1 atom stereocenters. The fourth-order valence-corrected chi connectivity index (χ4v) is 3.11. The maximum absolute atomic E-state index is 13.0. The van der Waals surface area contributed by atoms with Crippen LogP contribution in [0.2, 0.25) is 0 Å². The van der Waals surface area contributed by atoms with Crippen LogP contribution in [0.25, 0.3) is 0 Å². The van der Waals surface area contributed by atoms with E-state index in [0.29, 0.717) is 19.4 Å². The largest absolute Gasteiger partial charge is 0.416 e. The van der Waals surface area contributed by atoms with E-state index in [1.54, 1.807) is 0 Å². The number of urea groups is 1. The van der Waals surface area contributed by atoms with Crippen LogP contribution in [0.3, 0.4) is 0 Å². The summed E-state index contributed by atoms with van der Waals surface area (Å²) in [6.07, 6.45) is -3.54. The molecule has 1 aromatic carbocycles. The summed E-state index contributed by atoms with van der Waals surface area (Å²) in [5, 5.41) is 2.36. The number of carbonyl (C=O) groups is 3. The second-order valence-electron chi connectivity index (χ2n) is 6.00. The molecule has 3 rings (SSSR count). The Kier molecular flexibility index (Phi) is 4.40. The first-order chi connectivity index (χ1) is 11.8. The van der Waals surface area contributed by atoms with E-state index in [1.807, 2.05) is 0 Å². The van der Waals surface area contributed by atoms with Crippen molar-refractivity contribution in [2.45, 2.75) is 25.1 Å². The summed E-state index contributed by atoms with van der Waals surface area (Å²) in [6, 6.07) is 2.88. The minimum absolute atomic E-state index is 0.0146. The molecule has 6 nitrogen and oxygen atoms in total. The van der Waals surface area contributed by atoms with Gasteiger partial charge in [0.1, 0.15) is 0 Å². The Balaban J connectivity index is 1.97. The number of rotatable bonds is 4. The Labute approximate surface area is 141 Å². The third kappa shape index (κ3) is 3.45. The van der Waals surface area contributed by atoms with E-state index in [-0.39, 0.29) is 24.6 Å². The Hall–Kier alpha value is -2.58. The fraction of sp³-hybridized carbons (Fsp3) is 0.438. The van der Waals surface area contributed by atoms with Crippen molar-refractivity contribution in [3.05, 3.63) is 35.4 Å². The first-order valence-electron chi connectivity index (χ1n) is 7.82. The molecule has 4 amide bonds. The topological polar surface area (TPSA) is 69.7 Å². The van der Waals surface area contributed by atoms with Crippen LogP contribution in [-0.4, -0.2) is 47.3 Å². The third-order valence-electron chi connectivity index (χ3n) is 4.35. The van der Waals surface area contributed by atoms with Gasteiger partial charge >= 0.3 is 12.2 Å². The highest BCUT2D eigenvalue weighted by Crippen LogP contribution is 2.33. The number of imide groups is 1. The van der Waals surface area contributed by atoms with E-state index in [2.05, 4.69) is 5.32 Å². The number of halogens is 3. The summed E-state index contributed by atoms with van der Waals surface area (Å²) in [5.41, 5.74) is -0.699. The summed E-state index contributed by atoms with van der Waals surface area (Å²) >= 11 is 0. The van der Waals surface area contributed by atoms with E-state index in [0.717, 1.165) is 17.0 Å². The minimum atomic E-state index is -4.54. The number of hydrogen-bond acceptors (Lipinski definition) is 3. The number of benzene rings is 1. The molecule has 0 spiro atoms. The average Bonchev–Trinajstić information content (AvgIpc) is 3.10. The summed E-state index contributed by atoms with van der Waals surface area (Å²) in [5.74, 6) is -0.664. The molecule has 9 heteroatoms. The zero-order valence-electron chi connectivity index (χ0n) is 13.2. The van der Waals surface area contributed by atoms with Gasteiger partial charge in [0.15, 0.2) is 0 Å². The smallest absolute Gasteiger partial charge is 0.340 e. The lowest BCUT2D eigenvalue weighted by Crippen LogP contribution is -2.42. The predicted octanol–water partition coefficient (Wildman–Crippen LogP) is 1.92. The van der Waals surface area contributed by atoms with Gasteiger partial charge in [0, 0.05) is 19.5 Å².